The zero-order valence-electron chi connectivity index (χ0n) is 15.8. The number of carbonyl (C=O) groups excluding carboxylic acids is 1. The Morgan fingerprint density at radius 3 is 2.66 bits per heavy atom. The predicted octanol–water partition coefficient (Wildman–Crippen LogP) is 4.34. The monoisotopic (exact) mass is 431 g/mol. The number of benzene rings is 2. The molecule has 1 saturated heterocycles. The molecule has 7 nitrogen and oxygen atoms in total. The van der Waals surface area contributed by atoms with Gasteiger partial charge in [-0.25, -0.2) is 9.78 Å². The fraction of sp³-hybridized carbons (Fsp3) is 0.300. The van der Waals surface area contributed by atoms with E-state index in [1.165, 1.54) is 11.3 Å². The first kappa shape index (κ1) is 19.9. The second kappa shape index (κ2) is 9.41. The molecule has 29 heavy (non-hydrogen) atoms. The van der Waals surface area contributed by atoms with Crippen molar-refractivity contribution < 1.29 is 9.53 Å². The molecule has 3 aromatic rings. The van der Waals surface area contributed by atoms with E-state index in [0.717, 1.165) is 55.3 Å². The van der Waals surface area contributed by atoms with Gasteiger partial charge in [-0.2, -0.15) is 0 Å². The number of aromatic nitrogens is 1. The third-order valence-corrected chi connectivity index (χ3v) is 5.76. The van der Waals surface area contributed by atoms with Crippen LogP contribution in [0.25, 0.3) is 10.2 Å². The molecule has 2 aromatic carbocycles. The third kappa shape index (κ3) is 5.57. The minimum Gasteiger partial charge on any atom is -0.384 e. The lowest BCUT2D eigenvalue weighted by atomic mass is 10.3. The summed E-state index contributed by atoms with van der Waals surface area (Å²) < 4.78 is 6.39. The minimum atomic E-state index is -0.338. The summed E-state index contributed by atoms with van der Waals surface area (Å²) in [6, 6.07) is 12.6. The SMILES string of the molecule is O=C(Nc1ccc(Cl)cc1)Nc1nc2ccc(NCCN3CCOCC3)cc2s1. The van der Waals surface area contributed by atoms with Gasteiger partial charge in [0.05, 0.1) is 23.4 Å². The number of halogens is 1. The van der Waals surface area contributed by atoms with Crippen molar-refractivity contribution in [2.24, 2.45) is 0 Å². The van der Waals surface area contributed by atoms with Crippen LogP contribution in [0.4, 0.5) is 21.3 Å². The molecule has 1 aromatic heterocycles. The quantitative estimate of drug-likeness (QED) is 0.541. The summed E-state index contributed by atoms with van der Waals surface area (Å²) in [5.41, 5.74) is 2.57. The molecule has 9 heteroatoms. The van der Waals surface area contributed by atoms with Crippen LogP contribution in [0, 0.1) is 0 Å². The van der Waals surface area contributed by atoms with Crippen molar-refractivity contribution in [2.45, 2.75) is 0 Å². The van der Waals surface area contributed by atoms with E-state index in [0.29, 0.717) is 15.8 Å². The number of nitrogens with zero attached hydrogens (tertiary/aromatic N) is 2. The summed E-state index contributed by atoms with van der Waals surface area (Å²) in [5, 5.41) is 10.2. The van der Waals surface area contributed by atoms with Crippen LogP contribution in [0.3, 0.4) is 0 Å². The van der Waals surface area contributed by atoms with Crippen LogP contribution in [-0.2, 0) is 4.74 Å². The Balaban J connectivity index is 1.32. The maximum atomic E-state index is 12.2. The fourth-order valence-electron chi connectivity index (χ4n) is 3.06. The van der Waals surface area contributed by atoms with Crippen molar-refractivity contribution in [2.75, 3.05) is 55.3 Å². The molecule has 2 amide bonds. The average Bonchev–Trinajstić information content (AvgIpc) is 3.12. The zero-order chi connectivity index (χ0) is 20.1. The molecule has 1 fully saturated rings. The van der Waals surface area contributed by atoms with Gasteiger partial charge in [-0.1, -0.05) is 22.9 Å². The first-order valence-electron chi connectivity index (χ1n) is 9.44. The van der Waals surface area contributed by atoms with E-state index >= 15 is 0 Å². The number of amides is 2. The van der Waals surface area contributed by atoms with Crippen LogP contribution >= 0.6 is 22.9 Å². The Morgan fingerprint density at radius 2 is 1.86 bits per heavy atom. The predicted molar refractivity (Wildman–Crippen MR) is 119 cm³/mol. The Labute approximate surface area is 178 Å². The molecule has 0 unspecified atom stereocenters. The van der Waals surface area contributed by atoms with Gasteiger partial charge in [0.25, 0.3) is 0 Å². The van der Waals surface area contributed by atoms with Crippen LogP contribution in [-0.4, -0.2) is 55.3 Å². The maximum Gasteiger partial charge on any atom is 0.325 e. The molecule has 2 heterocycles. The number of rotatable bonds is 6. The molecule has 0 bridgehead atoms. The van der Waals surface area contributed by atoms with Gasteiger partial charge in [0.1, 0.15) is 0 Å². The van der Waals surface area contributed by atoms with Gasteiger partial charge < -0.3 is 15.4 Å². The number of fused-ring (bicyclic) bond motifs is 1. The summed E-state index contributed by atoms with van der Waals surface area (Å²) in [6.07, 6.45) is 0. The molecule has 152 valence electrons. The van der Waals surface area contributed by atoms with Crippen molar-refractivity contribution >= 4 is 55.7 Å². The first-order valence-corrected chi connectivity index (χ1v) is 10.6. The van der Waals surface area contributed by atoms with Crippen LogP contribution in [0.2, 0.25) is 5.02 Å². The van der Waals surface area contributed by atoms with Gasteiger partial charge in [0.15, 0.2) is 5.13 Å². The number of urea groups is 1. The lowest BCUT2D eigenvalue weighted by Gasteiger charge is -2.26. The smallest absolute Gasteiger partial charge is 0.325 e. The summed E-state index contributed by atoms with van der Waals surface area (Å²) in [5.74, 6) is 0. The van der Waals surface area contributed by atoms with Gasteiger partial charge in [0.2, 0.25) is 0 Å². The molecule has 3 N–H and O–H groups in total. The number of morpholine rings is 1. The Bertz CT molecular complexity index is 973. The van der Waals surface area contributed by atoms with Gasteiger partial charge in [-0.15, -0.1) is 0 Å². The first-order chi connectivity index (χ1) is 14.2. The third-order valence-electron chi connectivity index (χ3n) is 4.57. The van der Waals surface area contributed by atoms with E-state index in [2.05, 4.69) is 31.9 Å². The van der Waals surface area contributed by atoms with E-state index in [-0.39, 0.29) is 6.03 Å². The summed E-state index contributed by atoms with van der Waals surface area (Å²) >= 11 is 7.30. The van der Waals surface area contributed by atoms with E-state index in [9.17, 15) is 4.79 Å². The lowest BCUT2D eigenvalue weighted by molar-refractivity contribution is 0.0398. The number of ether oxygens (including phenoxy) is 1. The molecule has 0 saturated carbocycles. The molecule has 1 aliphatic rings. The van der Waals surface area contributed by atoms with Crippen molar-refractivity contribution in [1.29, 1.82) is 0 Å². The largest absolute Gasteiger partial charge is 0.384 e. The van der Waals surface area contributed by atoms with Crippen LogP contribution in [0.1, 0.15) is 0 Å². The summed E-state index contributed by atoms with van der Waals surface area (Å²) in [7, 11) is 0. The minimum absolute atomic E-state index is 0.338. The molecular formula is C20H22ClN5O2S. The fourth-order valence-corrected chi connectivity index (χ4v) is 4.09. The number of nitrogens with one attached hydrogen (secondary N) is 3. The Morgan fingerprint density at radius 1 is 1.10 bits per heavy atom. The van der Waals surface area contributed by atoms with E-state index in [1.807, 2.05) is 12.1 Å². The molecule has 0 radical (unpaired) electrons. The molecule has 0 spiro atoms. The Hall–Kier alpha value is -2.39. The second-order valence-corrected chi connectivity index (χ2v) is 8.14. The van der Waals surface area contributed by atoms with Crippen LogP contribution in [0.5, 0.6) is 0 Å². The van der Waals surface area contributed by atoms with E-state index < -0.39 is 0 Å². The molecule has 0 aliphatic carbocycles. The molecule has 1 aliphatic heterocycles. The van der Waals surface area contributed by atoms with Crippen molar-refractivity contribution in [1.82, 2.24) is 9.88 Å². The Kier molecular flexibility index (Phi) is 6.46. The number of thiazole rings is 1. The van der Waals surface area contributed by atoms with Gasteiger partial charge in [-0.3, -0.25) is 10.2 Å². The highest BCUT2D eigenvalue weighted by molar-refractivity contribution is 7.22. The summed E-state index contributed by atoms with van der Waals surface area (Å²) in [6.45, 7) is 5.47. The van der Waals surface area contributed by atoms with Gasteiger partial charge in [-0.05, 0) is 42.5 Å². The topological polar surface area (TPSA) is 78.5 Å². The normalized spacial score (nSPS) is 14.7. The van der Waals surface area contributed by atoms with Gasteiger partial charge >= 0.3 is 6.03 Å². The van der Waals surface area contributed by atoms with E-state index in [4.69, 9.17) is 16.3 Å². The lowest BCUT2D eigenvalue weighted by Crippen LogP contribution is -2.38. The highest BCUT2D eigenvalue weighted by atomic mass is 35.5. The molecular weight excluding hydrogens is 410 g/mol. The number of anilines is 3. The van der Waals surface area contributed by atoms with Crippen molar-refractivity contribution in [3.05, 3.63) is 47.5 Å². The van der Waals surface area contributed by atoms with Crippen LogP contribution < -0.4 is 16.0 Å². The van der Waals surface area contributed by atoms with E-state index in [1.54, 1.807) is 24.3 Å². The molecule has 4 rings (SSSR count). The van der Waals surface area contributed by atoms with Crippen molar-refractivity contribution in [3.8, 4) is 0 Å². The maximum absolute atomic E-state index is 12.2. The number of hydrogen-bond donors (Lipinski definition) is 3. The number of carbonyl (C=O) groups is 1. The number of hydrogen-bond acceptors (Lipinski definition) is 6. The average molecular weight is 432 g/mol. The van der Waals surface area contributed by atoms with Gasteiger partial charge in [0, 0.05) is 42.6 Å². The van der Waals surface area contributed by atoms with Crippen molar-refractivity contribution in [3.63, 3.8) is 0 Å². The van der Waals surface area contributed by atoms with Crippen LogP contribution in [0.15, 0.2) is 42.5 Å². The standard InChI is InChI=1S/C20H22ClN5O2S/c21-14-1-3-15(4-2-14)23-19(27)25-20-24-17-6-5-16(13-18(17)29-20)22-7-8-26-9-11-28-12-10-26/h1-6,13,22H,7-12H2,(H2,23,24,25,27). The highest BCUT2D eigenvalue weighted by Gasteiger charge is 2.11. The second-order valence-electron chi connectivity index (χ2n) is 6.67. The zero-order valence-corrected chi connectivity index (χ0v) is 17.4. The highest BCUT2D eigenvalue weighted by Crippen LogP contribution is 2.28. The summed E-state index contributed by atoms with van der Waals surface area (Å²) in [4.78, 5) is 19.1. The molecule has 0 atom stereocenters.